The second kappa shape index (κ2) is 7.79. The summed E-state index contributed by atoms with van der Waals surface area (Å²) < 4.78 is 5.79. The fourth-order valence-corrected chi connectivity index (χ4v) is 3.90. The van der Waals surface area contributed by atoms with Crippen molar-refractivity contribution in [3.63, 3.8) is 0 Å². The molecule has 0 spiro atoms. The molecule has 1 fully saturated rings. The van der Waals surface area contributed by atoms with Crippen LogP contribution in [0.5, 0.6) is 5.19 Å². The molecule has 122 valence electrons. The van der Waals surface area contributed by atoms with E-state index in [0.29, 0.717) is 18.3 Å². The van der Waals surface area contributed by atoms with Gasteiger partial charge < -0.3 is 9.64 Å². The Hall–Kier alpha value is -1.60. The zero-order chi connectivity index (χ0) is 16.1. The molecule has 0 radical (unpaired) electrons. The van der Waals surface area contributed by atoms with E-state index in [1.807, 2.05) is 29.2 Å². The van der Waals surface area contributed by atoms with Gasteiger partial charge in [-0.1, -0.05) is 30.4 Å². The average molecular weight is 349 g/mol. The number of aromatic nitrogens is 2. The van der Waals surface area contributed by atoms with Crippen LogP contribution in [0.3, 0.4) is 0 Å². The first-order valence-electron chi connectivity index (χ1n) is 7.72. The molecule has 0 saturated carbocycles. The van der Waals surface area contributed by atoms with Crippen molar-refractivity contribution in [3.8, 4) is 5.19 Å². The molecule has 1 saturated heterocycles. The molecule has 2 heterocycles. The molecule has 1 amide bonds. The highest BCUT2D eigenvalue weighted by atomic mass is 32.2. The van der Waals surface area contributed by atoms with Crippen LogP contribution in [0.25, 0.3) is 0 Å². The Bertz CT molecular complexity index is 641. The lowest BCUT2D eigenvalue weighted by Crippen LogP contribution is -2.41. The predicted molar refractivity (Wildman–Crippen MR) is 92.3 cm³/mol. The van der Waals surface area contributed by atoms with Gasteiger partial charge in [-0.25, -0.2) is 0 Å². The molecule has 0 bridgehead atoms. The van der Waals surface area contributed by atoms with Gasteiger partial charge in [0.15, 0.2) is 0 Å². The number of likely N-dealkylation sites (tertiary alicyclic amines) is 1. The maximum absolute atomic E-state index is 12.8. The molecule has 1 aliphatic rings. The Kier molecular flexibility index (Phi) is 5.51. The van der Waals surface area contributed by atoms with Gasteiger partial charge in [-0.15, -0.1) is 22.0 Å². The summed E-state index contributed by atoms with van der Waals surface area (Å²) in [6.45, 7) is 3.53. The number of rotatable bonds is 5. The second-order valence-electron chi connectivity index (χ2n) is 5.24. The number of ether oxygens (including phenoxy) is 1. The van der Waals surface area contributed by atoms with Gasteiger partial charge in [0.05, 0.1) is 5.56 Å². The van der Waals surface area contributed by atoms with Crippen molar-refractivity contribution >= 4 is 29.0 Å². The van der Waals surface area contributed by atoms with Crippen LogP contribution >= 0.6 is 23.1 Å². The van der Waals surface area contributed by atoms with Crippen molar-refractivity contribution < 1.29 is 9.53 Å². The van der Waals surface area contributed by atoms with Crippen LogP contribution in [0.4, 0.5) is 0 Å². The standard InChI is InChI=1S/C16H19N3O2S2/c1-2-22-14-6-4-3-5-13(14)15(20)19-9-7-12(8-10-19)21-16-18-17-11-23-16/h3-6,11-12H,2,7-10H2,1H3. The number of piperidine rings is 1. The van der Waals surface area contributed by atoms with E-state index in [4.69, 9.17) is 4.74 Å². The van der Waals surface area contributed by atoms with Crippen LogP contribution in [0.15, 0.2) is 34.7 Å². The molecule has 0 aliphatic carbocycles. The number of hydrogen-bond acceptors (Lipinski definition) is 6. The molecule has 1 aromatic carbocycles. The van der Waals surface area contributed by atoms with Gasteiger partial charge in [-0.2, -0.15) is 0 Å². The highest BCUT2D eigenvalue weighted by Gasteiger charge is 2.26. The van der Waals surface area contributed by atoms with E-state index in [0.717, 1.165) is 29.1 Å². The van der Waals surface area contributed by atoms with Crippen molar-refractivity contribution in [2.24, 2.45) is 0 Å². The SMILES string of the molecule is CCSc1ccccc1C(=O)N1CCC(Oc2nncs2)CC1. The summed E-state index contributed by atoms with van der Waals surface area (Å²) in [5.74, 6) is 1.08. The number of carbonyl (C=O) groups excluding carboxylic acids is 1. The van der Waals surface area contributed by atoms with Gasteiger partial charge in [-0.05, 0) is 17.9 Å². The van der Waals surface area contributed by atoms with Crippen LogP contribution in [0.1, 0.15) is 30.1 Å². The minimum atomic E-state index is 0.118. The molecule has 7 heteroatoms. The largest absolute Gasteiger partial charge is 0.465 e. The molecule has 2 aromatic rings. The van der Waals surface area contributed by atoms with Crippen molar-refractivity contribution in [1.82, 2.24) is 15.1 Å². The second-order valence-corrected chi connectivity index (χ2v) is 7.34. The van der Waals surface area contributed by atoms with Crippen molar-refractivity contribution in [3.05, 3.63) is 35.3 Å². The Labute approximate surface area is 144 Å². The average Bonchev–Trinajstić information content (AvgIpc) is 3.09. The maximum atomic E-state index is 12.8. The Balaban J connectivity index is 1.60. The van der Waals surface area contributed by atoms with Gasteiger partial charge in [0.2, 0.25) is 0 Å². The van der Waals surface area contributed by atoms with Crippen LogP contribution in [0, 0.1) is 0 Å². The van der Waals surface area contributed by atoms with E-state index in [-0.39, 0.29) is 12.0 Å². The Morgan fingerprint density at radius 3 is 2.87 bits per heavy atom. The first-order valence-corrected chi connectivity index (χ1v) is 9.58. The van der Waals surface area contributed by atoms with E-state index in [2.05, 4.69) is 17.1 Å². The van der Waals surface area contributed by atoms with Gasteiger partial charge in [0.25, 0.3) is 11.1 Å². The van der Waals surface area contributed by atoms with Crippen LogP contribution in [0.2, 0.25) is 0 Å². The third kappa shape index (κ3) is 4.03. The minimum Gasteiger partial charge on any atom is -0.465 e. The normalized spacial score (nSPS) is 15.6. The molecule has 0 N–H and O–H groups in total. The van der Waals surface area contributed by atoms with Gasteiger partial charge >= 0.3 is 0 Å². The monoisotopic (exact) mass is 349 g/mol. The van der Waals surface area contributed by atoms with Crippen LogP contribution < -0.4 is 4.74 Å². The van der Waals surface area contributed by atoms with E-state index in [9.17, 15) is 4.79 Å². The molecule has 5 nitrogen and oxygen atoms in total. The lowest BCUT2D eigenvalue weighted by molar-refractivity contribution is 0.0591. The number of hydrogen-bond donors (Lipinski definition) is 0. The van der Waals surface area contributed by atoms with Crippen LogP contribution in [-0.2, 0) is 0 Å². The molecule has 3 rings (SSSR count). The molecule has 0 unspecified atom stereocenters. The lowest BCUT2D eigenvalue weighted by atomic mass is 10.1. The molecule has 0 atom stereocenters. The Morgan fingerprint density at radius 2 is 2.17 bits per heavy atom. The third-order valence-corrected chi connectivity index (χ3v) is 5.29. The van der Waals surface area contributed by atoms with Crippen molar-refractivity contribution in [2.75, 3.05) is 18.8 Å². The van der Waals surface area contributed by atoms with E-state index in [1.165, 1.54) is 11.3 Å². The summed E-state index contributed by atoms with van der Waals surface area (Å²) in [4.78, 5) is 15.8. The Morgan fingerprint density at radius 1 is 1.39 bits per heavy atom. The quantitative estimate of drug-likeness (QED) is 0.775. The summed E-state index contributed by atoms with van der Waals surface area (Å²) in [6.07, 6.45) is 1.77. The third-order valence-electron chi connectivity index (χ3n) is 3.75. The van der Waals surface area contributed by atoms with Gasteiger partial charge in [0.1, 0.15) is 11.6 Å². The molecule has 1 aliphatic heterocycles. The summed E-state index contributed by atoms with van der Waals surface area (Å²) in [6, 6.07) is 7.85. The summed E-state index contributed by atoms with van der Waals surface area (Å²) in [5.41, 5.74) is 2.47. The fraction of sp³-hybridized carbons (Fsp3) is 0.438. The van der Waals surface area contributed by atoms with E-state index >= 15 is 0 Å². The first-order chi connectivity index (χ1) is 11.3. The zero-order valence-corrected chi connectivity index (χ0v) is 14.6. The minimum absolute atomic E-state index is 0.118. The van der Waals surface area contributed by atoms with Crippen molar-refractivity contribution in [1.29, 1.82) is 0 Å². The number of thioether (sulfide) groups is 1. The number of carbonyl (C=O) groups is 1. The summed E-state index contributed by atoms with van der Waals surface area (Å²) in [7, 11) is 0. The van der Waals surface area contributed by atoms with Crippen molar-refractivity contribution in [2.45, 2.75) is 30.8 Å². The smallest absolute Gasteiger partial charge is 0.294 e. The number of amides is 1. The van der Waals surface area contributed by atoms with Crippen LogP contribution in [-0.4, -0.2) is 46.0 Å². The summed E-state index contributed by atoms with van der Waals surface area (Å²) in [5, 5.41) is 8.29. The zero-order valence-electron chi connectivity index (χ0n) is 13.0. The topological polar surface area (TPSA) is 55.3 Å². The highest BCUT2D eigenvalue weighted by Crippen LogP contribution is 2.25. The molecule has 23 heavy (non-hydrogen) atoms. The predicted octanol–water partition coefficient (Wildman–Crippen LogP) is 3.33. The maximum Gasteiger partial charge on any atom is 0.294 e. The highest BCUT2D eigenvalue weighted by molar-refractivity contribution is 7.99. The lowest BCUT2D eigenvalue weighted by Gasteiger charge is -2.32. The van der Waals surface area contributed by atoms with Gasteiger partial charge in [0, 0.05) is 30.8 Å². The number of benzene rings is 1. The fourth-order valence-electron chi connectivity index (χ4n) is 2.63. The van der Waals surface area contributed by atoms with E-state index < -0.39 is 0 Å². The van der Waals surface area contributed by atoms with Gasteiger partial charge in [-0.3, -0.25) is 4.79 Å². The molecular formula is C16H19N3O2S2. The summed E-state index contributed by atoms with van der Waals surface area (Å²) >= 11 is 3.11. The molecular weight excluding hydrogens is 330 g/mol. The first kappa shape index (κ1) is 16.3. The molecule has 1 aromatic heterocycles. The van der Waals surface area contributed by atoms with E-state index in [1.54, 1.807) is 17.3 Å². The number of nitrogens with zero attached hydrogens (tertiary/aromatic N) is 3.